The number of amides is 1. The summed E-state index contributed by atoms with van der Waals surface area (Å²) in [6, 6.07) is 18.0. The van der Waals surface area contributed by atoms with Crippen LogP contribution in [0.1, 0.15) is 67.9 Å². The molecule has 1 heterocycles. The molecule has 36 heavy (non-hydrogen) atoms. The van der Waals surface area contributed by atoms with Gasteiger partial charge < -0.3 is 14.7 Å². The van der Waals surface area contributed by atoms with Crippen molar-refractivity contribution in [2.24, 2.45) is 0 Å². The highest BCUT2D eigenvalue weighted by Crippen LogP contribution is 2.35. The number of hydrogen-bond acceptors (Lipinski definition) is 4. The van der Waals surface area contributed by atoms with Crippen molar-refractivity contribution in [3.63, 3.8) is 0 Å². The predicted molar refractivity (Wildman–Crippen MR) is 146 cm³/mol. The van der Waals surface area contributed by atoms with Gasteiger partial charge in [0.05, 0.1) is 6.54 Å². The first kappa shape index (κ1) is 27.5. The number of aliphatic carboxylic acids is 1. The zero-order valence-corrected chi connectivity index (χ0v) is 22.2. The van der Waals surface area contributed by atoms with Gasteiger partial charge in [0.15, 0.2) is 0 Å². The number of thiophene rings is 1. The van der Waals surface area contributed by atoms with Crippen molar-refractivity contribution < 1.29 is 19.4 Å². The van der Waals surface area contributed by atoms with E-state index in [9.17, 15) is 9.59 Å². The molecule has 5 nitrogen and oxygen atoms in total. The zero-order valence-electron chi connectivity index (χ0n) is 21.4. The van der Waals surface area contributed by atoms with Gasteiger partial charge in [0.1, 0.15) is 12.4 Å². The largest absolute Gasteiger partial charge is 0.488 e. The van der Waals surface area contributed by atoms with Crippen LogP contribution in [-0.2, 0) is 29.2 Å². The smallest absolute Gasteiger partial charge is 0.303 e. The molecule has 0 saturated heterocycles. The third kappa shape index (κ3) is 8.83. The lowest BCUT2D eigenvalue weighted by Crippen LogP contribution is -2.25. The molecule has 3 aromatic rings. The van der Waals surface area contributed by atoms with Crippen LogP contribution in [0.15, 0.2) is 60.0 Å². The van der Waals surface area contributed by atoms with Crippen molar-refractivity contribution in [2.75, 3.05) is 7.05 Å². The first-order valence-corrected chi connectivity index (χ1v) is 13.7. The fraction of sp³-hybridized carbons (Fsp3) is 0.400. The number of ether oxygens (including phenoxy) is 1. The van der Waals surface area contributed by atoms with Gasteiger partial charge in [0, 0.05) is 30.3 Å². The molecular formula is C30H37NO4S. The van der Waals surface area contributed by atoms with Gasteiger partial charge in [-0.15, -0.1) is 11.3 Å². The van der Waals surface area contributed by atoms with Crippen LogP contribution in [0.3, 0.4) is 0 Å². The Morgan fingerprint density at radius 2 is 1.72 bits per heavy atom. The second-order valence-electron chi connectivity index (χ2n) is 9.21. The monoisotopic (exact) mass is 507 g/mol. The van der Waals surface area contributed by atoms with Crippen LogP contribution in [0.25, 0.3) is 11.1 Å². The van der Waals surface area contributed by atoms with Crippen LogP contribution in [0.4, 0.5) is 0 Å². The Kier molecular flexibility index (Phi) is 11.0. The summed E-state index contributed by atoms with van der Waals surface area (Å²) in [6.07, 6.45) is 6.86. The molecule has 0 radical (unpaired) electrons. The maximum absolute atomic E-state index is 12.5. The Balaban J connectivity index is 1.69. The number of carbonyl (C=O) groups is 2. The Morgan fingerprint density at radius 3 is 2.47 bits per heavy atom. The third-order valence-corrected chi connectivity index (χ3v) is 7.11. The molecule has 0 spiro atoms. The van der Waals surface area contributed by atoms with E-state index < -0.39 is 5.97 Å². The predicted octanol–water partition coefficient (Wildman–Crippen LogP) is 7.33. The molecule has 0 bridgehead atoms. The summed E-state index contributed by atoms with van der Waals surface area (Å²) >= 11 is 1.64. The molecule has 3 rings (SSSR count). The molecule has 0 aliphatic rings. The standard InChI is InChI=1S/C30H37NO4S/c1-3-4-5-6-10-13-29(32)31(2)20-26-19-25(22-36-26)27-16-14-23(15-17-30(33)34)18-28(27)35-21-24-11-8-7-9-12-24/h7-9,11-12,14,16,18-19,22H,3-6,10,13,15,17,20-21H2,1-2H3,(H,33,34). The molecule has 6 heteroatoms. The van der Waals surface area contributed by atoms with Crippen molar-refractivity contribution in [2.45, 2.75) is 71.4 Å². The summed E-state index contributed by atoms with van der Waals surface area (Å²) in [6.45, 7) is 3.22. The molecule has 192 valence electrons. The van der Waals surface area contributed by atoms with E-state index in [0.717, 1.165) is 45.7 Å². The highest BCUT2D eigenvalue weighted by Gasteiger charge is 2.14. The molecule has 1 amide bonds. The zero-order chi connectivity index (χ0) is 25.8. The number of unbranched alkanes of at least 4 members (excludes halogenated alkanes) is 4. The maximum Gasteiger partial charge on any atom is 0.303 e. The van der Waals surface area contributed by atoms with E-state index in [-0.39, 0.29) is 12.3 Å². The molecule has 0 saturated carbocycles. The number of carboxylic acid groups (broad SMARTS) is 1. The average Bonchev–Trinajstić information content (AvgIpc) is 3.34. The Morgan fingerprint density at radius 1 is 0.944 bits per heavy atom. The quantitative estimate of drug-likeness (QED) is 0.219. The van der Waals surface area contributed by atoms with Crippen molar-refractivity contribution in [3.8, 4) is 16.9 Å². The number of carbonyl (C=O) groups excluding carboxylic acids is 1. The second-order valence-corrected chi connectivity index (χ2v) is 10.2. The molecule has 0 fully saturated rings. The van der Waals surface area contributed by atoms with Gasteiger partial charge in [0.25, 0.3) is 0 Å². The molecule has 0 atom stereocenters. The molecule has 2 aromatic carbocycles. The van der Waals surface area contributed by atoms with E-state index in [1.165, 1.54) is 19.3 Å². The highest BCUT2D eigenvalue weighted by atomic mass is 32.1. The number of nitrogens with zero attached hydrogens (tertiary/aromatic N) is 1. The lowest BCUT2D eigenvalue weighted by molar-refractivity contribution is -0.137. The van der Waals surface area contributed by atoms with Crippen LogP contribution >= 0.6 is 11.3 Å². The van der Waals surface area contributed by atoms with Crippen LogP contribution in [-0.4, -0.2) is 28.9 Å². The van der Waals surface area contributed by atoms with Gasteiger partial charge in [-0.3, -0.25) is 9.59 Å². The van der Waals surface area contributed by atoms with Gasteiger partial charge in [0.2, 0.25) is 5.91 Å². The minimum atomic E-state index is -0.812. The van der Waals surface area contributed by atoms with Crippen molar-refractivity contribution in [1.29, 1.82) is 0 Å². The molecule has 1 aromatic heterocycles. The lowest BCUT2D eigenvalue weighted by Gasteiger charge is -2.16. The van der Waals surface area contributed by atoms with E-state index in [1.807, 2.05) is 60.5 Å². The SMILES string of the molecule is CCCCCCCC(=O)N(C)Cc1cc(-c2ccc(CCC(=O)O)cc2OCc2ccccc2)cs1. The topological polar surface area (TPSA) is 66.8 Å². The summed E-state index contributed by atoms with van der Waals surface area (Å²) in [7, 11) is 1.87. The second kappa shape index (κ2) is 14.4. The van der Waals surface area contributed by atoms with Gasteiger partial charge >= 0.3 is 5.97 Å². The number of benzene rings is 2. The molecule has 1 N–H and O–H groups in total. The Labute approximate surface area is 218 Å². The van der Waals surface area contributed by atoms with E-state index in [2.05, 4.69) is 18.4 Å². The highest BCUT2D eigenvalue weighted by molar-refractivity contribution is 7.10. The Hall–Kier alpha value is -3.12. The number of rotatable bonds is 15. The minimum Gasteiger partial charge on any atom is -0.488 e. The van der Waals surface area contributed by atoms with E-state index in [1.54, 1.807) is 11.3 Å². The lowest BCUT2D eigenvalue weighted by atomic mass is 10.0. The normalized spacial score (nSPS) is 10.8. The van der Waals surface area contributed by atoms with Crippen LogP contribution in [0, 0.1) is 0 Å². The fourth-order valence-corrected chi connectivity index (χ4v) is 5.00. The van der Waals surface area contributed by atoms with Crippen molar-refractivity contribution in [1.82, 2.24) is 4.90 Å². The summed E-state index contributed by atoms with van der Waals surface area (Å²) in [5.41, 5.74) is 4.02. The number of carboxylic acids is 1. The maximum atomic E-state index is 12.5. The van der Waals surface area contributed by atoms with E-state index >= 15 is 0 Å². The molecular weight excluding hydrogens is 470 g/mol. The molecule has 0 aliphatic carbocycles. The summed E-state index contributed by atoms with van der Waals surface area (Å²) < 4.78 is 6.22. The minimum absolute atomic E-state index is 0.0824. The fourth-order valence-electron chi connectivity index (χ4n) is 4.06. The summed E-state index contributed by atoms with van der Waals surface area (Å²) in [5, 5.41) is 11.2. The number of aryl methyl sites for hydroxylation is 1. The Bertz CT molecular complexity index is 1110. The summed E-state index contributed by atoms with van der Waals surface area (Å²) in [5.74, 6) is 0.117. The van der Waals surface area contributed by atoms with Gasteiger partial charge in [-0.2, -0.15) is 0 Å². The van der Waals surface area contributed by atoms with Crippen LogP contribution in [0.2, 0.25) is 0 Å². The summed E-state index contributed by atoms with van der Waals surface area (Å²) in [4.78, 5) is 26.5. The van der Waals surface area contributed by atoms with Crippen LogP contribution < -0.4 is 4.74 Å². The first-order valence-electron chi connectivity index (χ1n) is 12.8. The van der Waals surface area contributed by atoms with Gasteiger partial charge in [-0.05, 0) is 47.0 Å². The van der Waals surface area contributed by atoms with Crippen molar-refractivity contribution >= 4 is 23.2 Å². The molecule has 0 aliphatic heterocycles. The third-order valence-electron chi connectivity index (χ3n) is 6.19. The van der Waals surface area contributed by atoms with Gasteiger partial charge in [-0.1, -0.05) is 75.1 Å². The van der Waals surface area contributed by atoms with E-state index in [4.69, 9.17) is 9.84 Å². The first-order chi connectivity index (χ1) is 17.5. The van der Waals surface area contributed by atoms with Crippen molar-refractivity contribution in [3.05, 3.63) is 76.0 Å². The average molecular weight is 508 g/mol. The molecule has 0 unspecified atom stereocenters. The number of hydrogen-bond donors (Lipinski definition) is 1. The van der Waals surface area contributed by atoms with Gasteiger partial charge in [-0.25, -0.2) is 0 Å². The van der Waals surface area contributed by atoms with E-state index in [0.29, 0.717) is 26.0 Å². The van der Waals surface area contributed by atoms with Crippen LogP contribution in [0.5, 0.6) is 5.75 Å².